The minimum absolute atomic E-state index is 0.0599. The van der Waals surface area contributed by atoms with Gasteiger partial charge in [-0.1, -0.05) is 84.4 Å². The number of anilines is 2. The molecular weight excluding hydrogens is 723 g/mol. The van der Waals surface area contributed by atoms with Gasteiger partial charge in [0.2, 0.25) is 21.8 Å². The molecule has 6 rings (SSSR count). The second-order valence-electron chi connectivity index (χ2n) is 13.2. The van der Waals surface area contributed by atoms with E-state index in [1.165, 1.54) is 19.1 Å². The molecule has 280 valence electrons. The quantitative estimate of drug-likeness (QED) is 0.0863. The van der Waals surface area contributed by atoms with E-state index in [4.69, 9.17) is 9.47 Å². The van der Waals surface area contributed by atoms with Crippen LogP contribution in [-0.2, 0) is 42.1 Å². The molecule has 1 aliphatic heterocycles. The molecule has 0 spiro atoms. The Morgan fingerprint density at radius 3 is 2.20 bits per heavy atom. The molecular formula is C42H43N3O7S2. The van der Waals surface area contributed by atoms with Crippen molar-refractivity contribution in [2.24, 2.45) is 0 Å². The topological polar surface area (TPSA) is 143 Å². The van der Waals surface area contributed by atoms with Gasteiger partial charge in [-0.2, -0.15) is 4.72 Å². The first-order valence-electron chi connectivity index (χ1n) is 17.6. The van der Waals surface area contributed by atoms with Crippen LogP contribution in [0.3, 0.4) is 0 Å². The average Bonchev–Trinajstić information content (AvgIpc) is 3.17. The first-order chi connectivity index (χ1) is 26.0. The molecule has 1 aliphatic rings. The van der Waals surface area contributed by atoms with Crippen molar-refractivity contribution in [2.45, 2.75) is 67.6 Å². The van der Waals surface area contributed by atoms with Gasteiger partial charge in [-0.25, -0.2) is 8.42 Å². The molecule has 0 saturated carbocycles. The number of hydrogen-bond acceptors (Lipinski definition) is 8. The van der Waals surface area contributed by atoms with Crippen LogP contribution in [0.1, 0.15) is 53.6 Å². The fourth-order valence-electron chi connectivity index (χ4n) is 6.05. The highest BCUT2D eigenvalue weighted by Gasteiger charge is 2.33. The number of benzene rings is 5. The van der Waals surface area contributed by atoms with Gasteiger partial charge in [0.15, 0.2) is 6.29 Å². The molecule has 2 amide bonds. The van der Waals surface area contributed by atoms with Crippen molar-refractivity contribution in [3.8, 4) is 0 Å². The van der Waals surface area contributed by atoms with Crippen molar-refractivity contribution in [1.29, 1.82) is 0 Å². The molecule has 4 N–H and O–H groups in total. The Bertz CT molecular complexity index is 2130. The van der Waals surface area contributed by atoms with E-state index in [0.717, 1.165) is 32.8 Å². The van der Waals surface area contributed by atoms with Crippen LogP contribution >= 0.6 is 11.8 Å². The lowest BCUT2D eigenvalue weighted by molar-refractivity contribution is -0.245. The molecule has 0 bridgehead atoms. The van der Waals surface area contributed by atoms with Crippen LogP contribution in [0.5, 0.6) is 0 Å². The molecule has 0 aromatic heterocycles. The van der Waals surface area contributed by atoms with Crippen LogP contribution in [0.4, 0.5) is 11.4 Å². The van der Waals surface area contributed by atoms with Gasteiger partial charge in [-0.05, 0) is 78.6 Å². The van der Waals surface area contributed by atoms with E-state index in [2.05, 4.69) is 15.4 Å². The maximum absolute atomic E-state index is 13.9. The van der Waals surface area contributed by atoms with Gasteiger partial charge in [-0.15, -0.1) is 11.8 Å². The summed E-state index contributed by atoms with van der Waals surface area (Å²) in [5.41, 5.74) is 5.33. The van der Waals surface area contributed by atoms with E-state index in [0.29, 0.717) is 23.4 Å². The number of rotatable bonds is 14. The number of amides is 2. The van der Waals surface area contributed by atoms with E-state index >= 15 is 0 Å². The Balaban J connectivity index is 1.20. The largest absolute Gasteiger partial charge is 0.392 e. The molecule has 1 heterocycles. The Labute approximate surface area is 320 Å². The Kier molecular flexibility index (Phi) is 13.0. The molecule has 54 heavy (non-hydrogen) atoms. The Hall–Kier alpha value is -4.82. The number of ether oxygens (including phenoxy) is 2. The Morgan fingerprint density at radius 1 is 0.796 bits per heavy atom. The summed E-state index contributed by atoms with van der Waals surface area (Å²) < 4.78 is 42.5. The average molecular weight is 766 g/mol. The minimum Gasteiger partial charge on any atom is -0.392 e. The van der Waals surface area contributed by atoms with Crippen molar-refractivity contribution in [2.75, 3.05) is 16.4 Å². The van der Waals surface area contributed by atoms with E-state index in [-0.39, 0.29) is 36.0 Å². The number of nitrogens with one attached hydrogen (secondary N) is 3. The fraction of sp³-hybridized carbons (Fsp3) is 0.238. The third kappa shape index (κ3) is 10.7. The molecule has 0 aliphatic carbocycles. The first kappa shape index (κ1) is 38.9. The zero-order valence-electron chi connectivity index (χ0n) is 30.0. The molecule has 1 saturated heterocycles. The normalized spacial score (nSPS) is 17.7. The molecule has 0 radical (unpaired) electrons. The number of sulfonamides is 1. The summed E-state index contributed by atoms with van der Waals surface area (Å²) in [6.45, 7) is 3.29. The van der Waals surface area contributed by atoms with Crippen LogP contribution in [0.15, 0.2) is 137 Å². The molecule has 0 unspecified atom stereocenters. The van der Waals surface area contributed by atoms with E-state index < -0.39 is 28.3 Å². The lowest BCUT2D eigenvalue weighted by atomic mass is 10.0. The monoisotopic (exact) mass is 765 g/mol. The van der Waals surface area contributed by atoms with Gasteiger partial charge in [0.25, 0.3) is 0 Å². The molecule has 10 nitrogen and oxygen atoms in total. The van der Waals surface area contributed by atoms with E-state index in [1.54, 1.807) is 42.1 Å². The number of aryl methyl sites for hydroxylation is 1. The molecule has 1 fully saturated rings. The summed E-state index contributed by atoms with van der Waals surface area (Å²) in [4.78, 5) is 26.4. The van der Waals surface area contributed by atoms with Gasteiger partial charge in [0.1, 0.15) is 6.04 Å². The van der Waals surface area contributed by atoms with Gasteiger partial charge in [0, 0.05) is 40.9 Å². The standard InChI is InChI=1S/C42H43N3O7S2/c1-28-11-21-38(22-12-28)54(49,50)45-39(23-30-7-4-3-5-8-30)41(48)44-35-10-6-9-33(24-35)42-51-36(25-40(52-42)32-15-13-31(26-46)14-16-32)27-53-37-19-17-34(18-20-37)43-29(2)47/h3-22,24,36,39-40,42,45-46H,23,25-27H2,1-2H3,(H,43,47)(H,44,48)/t36-,39+,40+,42+/m0/s1. The SMILES string of the molecule is CC(=O)Nc1ccc(SC[C@@H]2C[C@H](c3ccc(CO)cc3)O[C@H](c3cccc(NC(=O)[C@@H](Cc4ccccc4)NS(=O)(=O)c4ccc(C)cc4)c3)O2)cc1. The van der Waals surface area contributed by atoms with Crippen LogP contribution in [-0.4, -0.2) is 43.2 Å². The molecule has 5 aromatic carbocycles. The minimum atomic E-state index is -4.02. The summed E-state index contributed by atoms with van der Waals surface area (Å²) in [7, 11) is -4.02. The lowest BCUT2D eigenvalue weighted by Gasteiger charge is -2.36. The van der Waals surface area contributed by atoms with Gasteiger partial charge in [0.05, 0.1) is 23.7 Å². The summed E-state index contributed by atoms with van der Waals surface area (Å²) in [6, 6.07) is 37.1. The summed E-state index contributed by atoms with van der Waals surface area (Å²) >= 11 is 1.63. The van der Waals surface area contributed by atoms with Crippen LogP contribution < -0.4 is 15.4 Å². The number of thioether (sulfide) groups is 1. The van der Waals surface area contributed by atoms with Gasteiger partial charge in [-0.3, -0.25) is 9.59 Å². The van der Waals surface area contributed by atoms with Crippen molar-refractivity contribution >= 4 is 45.0 Å². The lowest BCUT2D eigenvalue weighted by Crippen LogP contribution is -2.45. The zero-order valence-corrected chi connectivity index (χ0v) is 31.6. The predicted octanol–water partition coefficient (Wildman–Crippen LogP) is 7.31. The van der Waals surface area contributed by atoms with Crippen LogP contribution in [0.25, 0.3) is 0 Å². The van der Waals surface area contributed by atoms with Crippen molar-refractivity contribution in [3.63, 3.8) is 0 Å². The summed E-state index contributed by atoms with van der Waals surface area (Å²) in [5, 5.41) is 15.3. The van der Waals surface area contributed by atoms with Gasteiger partial charge < -0.3 is 25.2 Å². The first-order valence-corrected chi connectivity index (χ1v) is 20.1. The molecule has 5 aromatic rings. The van der Waals surface area contributed by atoms with Crippen molar-refractivity contribution in [3.05, 3.63) is 155 Å². The number of aliphatic hydroxyl groups excluding tert-OH is 1. The smallest absolute Gasteiger partial charge is 0.242 e. The van der Waals surface area contributed by atoms with E-state index in [9.17, 15) is 23.1 Å². The summed E-state index contributed by atoms with van der Waals surface area (Å²) in [5.74, 6) is -0.0187. The van der Waals surface area contributed by atoms with E-state index in [1.807, 2.05) is 91.9 Å². The van der Waals surface area contributed by atoms with Crippen molar-refractivity contribution in [1.82, 2.24) is 4.72 Å². The third-order valence-electron chi connectivity index (χ3n) is 8.88. The predicted molar refractivity (Wildman–Crippen MR) is 210 cm³/mol. The number of hydrogen-bond donors (Lipinski definition) is 4. The van der Waals surface area contributed by atoms with Gasteiger partial charge >= 0.3 is 0 Å². The molecule has 12 heteroatoms. The van der Waals surface area contributed by atoms with Crippen LogP contribution in [0.2, 0.25) is 0 Å². The highest BCUT2D eigenvalue weighted by Crippen LogP contribution is 2.40. The number of aliphatic hydroxyl groups is 1. The highest BCUT2D eigenvalue weighted by molar-refractivity contribution is 7.99. The maximum atomic E-state index is 13.9. The number of carbonyl (C=O) groups is 2. The Morgan fingerprint density at radius 2 is 1.52 bits per heavy atom. The fourth-order valence-corrected chi connectivity index (χ4v) is 8.17. The number of carbonyl (C=O) groups excluding carboxylic acids is 2. The second kappa shape index (κ2) is 18.0. The third-order valence-corrected chi connectivity index (χ3v) is 11.5. The molecule has 4 atom stereocenters. The maximum Gasteiger partial charge on any atom is 0.242 e. The van der Waals surface area contributed by atoms with Crippen LogP contribution in [0, 0.1) is 6.92 Å². The highest BCUT2D eigenvalue weighted by atomic mass is 32.2. The zero-order chi connectivity index (χ0) is 38.1. The van der Waals surface area contributed by atoms with Crippen molar-refractivity contribution < 1.29 is 32.6 Å². The summed E-state index contributed by atoms with van der Waals surface area (Å²) in [6.07, 6.45) is -0.570. The second-order valence-corrected chi connectivity index (χ2v) is 16.0.